The number of hydrogen-bond acceptors (Lipinski definition) is 3. The normalized spacial score (nSPS) is 39.9. The van der Waals surface area contributed by atoms with E-state index in [9.17, 15) is 14.7 Å². The van der Waals surface area contributed by atoms with E-state index in [2.05, 4.69) is 54.5 Å². The zero-order valence-electron chi connectivity index (χ0n) is 24.1. The highest BCUT2D eigenvalue weighted by Gasteiger charge is 2.64. The summed E-state index contributed by atoms with van der Waals surface area (Å²) in [6.45, 7) is 17.8. The largest absolute Gasteiger partial charge is 0.481 e. The van der Waals surface area contributed by atoms with E-state index in [1.807, 2.05) is 0 Å². The van der Waals surface area contributed by atoms with Gasteiger partial charge in [0.05, 0.1) is 5.92 Å². The Bertz CT molecular complexity index is 969. The number of carboxylic acids is 1. The Morgan fingerprint density at radius 3 is 2.28 bits per heavy atom. The molecule has 1 N–H and O–H groups in total. The van der Waals surface area contributed by atoms with Gasteiger partial charge in [-0.2, -0.15) is 0 Å². The van der Waals surface area contributed by atoms with Gasteiger partial charge in [0.15, 0.2) is 0 Å². The highest BCUT2D eigenvalue weighted by Crippen LogP contribution is 2.72. The van der Waals surface area contributed by atoms with Crippen molar-refractivity contribution in [2.45, 2.75) is 126 Å². The molecule has 0 aromatic carbocycles. The van der Waals surface area contributed by atoms with Crippen LogP contribution in [0.3, 0.4) is 0 Å². The summed E-state index contributed by atoms with van der Waals surface area (Å²) in [7, 11) is 0. The predicted molar refractivity (Wildman–Crippen MR) is 144 cm³/mol. The van der Waals surface area contributed by atoms with Gasteiger partial charge >= 0.3 is 11.9 Å². The molecule has 0 unspecified atom stereocenters. The molecule has 4 nitrogen and oxygen atoms in total. The van der Waals surface area contributed by atoms with Crippen LogP contribution in [0.5, 0.6) is 0 Å². The number of ether oxygens (including phenoxy) is 1. The molecule has 0 saturated heterocycles. The molecule has 0 heterocycles. The fourth-order valence-electron chi connectivity index (χ4n) is 9.81. The minimum atomic E-state index is -0.603. The summed E-state index contributed by atoms with van der Waals surface area (Å²) in [6, 6.07) is 0. The van der Waals surface area contributed by atoms with Crippen LogP contribution < -0.4 is 0 Å². The number of fused-ring (bicyclic) bond motifs is 4. The summed E-state index contributed by atoms with van der Waals surface area (Å²) in [5.41, 5.74) is 4.85. The molecule has 36 heavy (non-hydrogen) atoms. The third-order valence-corrected chi connectivity index (χ3v) is 11.9. The third-order valence-electron chi connectivity index (χ3n) is 11.9. The van der Waals surface area contributed by atoms with Gasteiger partial charge in [0.1, 0.15) is 6.10 Å². The van der Waals surface area contributed by atoms with Crippen molar-refractivity contribution in [3.8, 4) is 0 Å². The molecule has 4 heteroatoms. The predicted octanol–water partition coefficient (Wildman–Crippen LogP) is 8.11. The lowest BCUT2D eigenvalue weighted by molar-refractivity contribution is -0.167. The first kappa shape index (κ1) is 27.5. The minimum Gasteiger partial charge on any atom is -0.481 e. The highest BCUT2D eigenvalue weighted by molar-refractivity contribution is 5.70. The zero-order chi connectivity index (χ0) is 26.7. The Morgan fingerprint density at radius 1 is 0.972 bits per heavy atom. The monoisotopic (exact) mass is 498 g/mol. The van der Waals surface area contributed by atoms with E-state index in [-0.39, 0.29) is 45.6 Å². The number of hydrogen-bond donors (Lipinski definition) is 1. The summed E-state index contributed by atoms with van der Waals surface area (Å²) in [5, 5.41) is 10.3. The topological polar surface area (TPSA) is 63.6 Å². The molecule has 0 aliphatic heterocycles. The molecule has 0 radical (unpaired) electrons. The number of carbonyl (C=O) groups excluding carboxylic acids is 1. The molecule has 0 aromatic heterocycles. The molecule has 0 bridgehead atoms. The van der Waals surface area contributed by atoms with Crippen molar-refractivity contribution in [2.24, 2.45) is 39.4 Å². The van der Waals surface area contributed by atoms with Gasteiger partial charge in [0, 0.05) is 12.3 Å². The van der Waals surface area contributed by atoms with Crippen LogP contribution in [-0.2, 0) is 14.3 Å². The lowest BCUT2D eigenvalue weighted by Crippen LogP contribution is -2.56. The fourth-order valence-corrected chi connectivity index (χ4v) is 9.81. The summed E-state index contributed by atoms with van der Waals surface area (Å²) in [6.07, 6.45) is 12.4. The van der Waals surface area contributed by atoms with E-state index in [1.54, 1.807) is 11.1 Å². The van der Waals surface area contributed by atoms with Gasteiger partial charge in [-0.15, -0.1) is 0 Å². The molecular weight excluding hydrogens is 448 g/mol. The van der Waals surface area contributed by atoms with Crippen molar-refractivity contribution in [3.63, 3.8) is 0 Å². The third kappa shape index (κ3) is 4.09. The van der Waals surface area contributed by atoms with E-state index in [0.717, 1.165) is 64.2 Å². The molecule has 7 atom stereocenters. The fraction of sp³-hybridized carbons (Fsp3) is 0.812. The first-order valence-corrected chi connectivity index (χ1v) is 14.4. The maximum atomic E-state index is 12.5. The quantitative estimate of drug-likeness (QED) is 0.297. The lowest BCUT2D eigenvalue weighted by atomic mass is 9.43. The second-order valence-corrected chi connectivity index (χ2v) is 14.1. The van der Waals surface area contributed by atoms with E-state index >= 15 is 0 Å². The Kier molecular flexibility index (Phi) is 7.10. The standard InChI is InChI=1S/C32H50O4/c1-20(2)10-9-11-22(28(34)35)23-14-18-32(8)25-12-13-26-29(4,5)27(36-21(3)33)16-17-30(26,6)24(25)15-19-31(23,32)7/h10,22-23,26-27H,9,11-19H2,1-8H3,(H,34,35)/t22-,23-,26-,27+,30-,31-,32+/m1/s1. The van der Waals surface area contributed by atoms with Gasteiger partial charge in [-0.3, -0.25) is 9.59 Å². The number of carbonyl (C=O) groups is 2. The smallest absolute Gasteiger partial charge is 0.306 e. The molecule has 2 fully saturated rings. The summed E-state index contributed by atoms with van der Waals surface area (Å²) in [4.78, 5) is 24.3. The molecule has 0 spiro atoms. The average Bonchev–Trinajstić information content (AvgIpc) is 3.04. The van der Waals surface area contributed by atoms with Crippen LogP contribution >= 0.6 is 0 Å². The number of carboxylic acid groups (broad SMARTS) is 1. The maximum Gasteiger partial charge on any atom is 0.306 e. The first-order valence-electron chi connectivity index (χ1n) is 14.4. The van der Waals surface area contributed by atoms with Crippen molar-refractivity contribution >= 4 is 11.9 Å². The second kappa shape index (κ2) is 9.31. The Hall–Kier alpha value is -1.58. The summed E-state index contributed by atoms with van der Waals surface area (Å²) < 4.78 is 5.84. The van der Waals surface area contributed by atoms with Crippen molar-refractivity contribution in [1.29, 1.82) is 0 Å². The first-order chi connectivity index (χ1) is 16.7. The average molecular weight is 499 g/mol. The molecule has 202 valence electrons. The van der Waals surface area contributed by atoms with E-state index in [4.69, 9.17) is 4.74 Å². The second-order valence-electron chi connectivity index (χ2n) is 14.1. The van der Waals surface area contributed by atoms with E-state index in [1.165, 1.54) is 12.5 Å². The van der Waals surface area contributed by atoms with Gasteiger partial charge in [-0.1, -0.05) is 57.4 Å². The van der Waals surface area contributed by atoms with Crippen molar-refractivity contribution < 1.29 is 19.4 Å². The van der Waals surface area contributed by atoms with Crippen molar-refractivity contribution in [2.75, 3.05) is 0 Å². The zero-order valence-corrected chi connectivity index (χ0v) is 24.1. The summed E-state index contributed by atoms with van der Waals surface area (Å²) in [5.74, 6) is -0.291. The van der Waals surface area contributed by atoms with E-state index < -0.39 is 5.97 Å². The van der Waals surface area contributed by atoms with Crippen LogP contribution in [0.15, 0.2) is 22.8 Å². The Labute approximate surface area is 219 Å². The minimum absolute atomic E-state index is 0.00680. The SMILES string of the molecule is CC(=O)O[C@H]1CC[C@]2(C)C3=C(CC[C@@H]2C1(C)C)[C@]1(C)CC[C@H]([C@@H](CCC=C(C)C)C(=O)O)[C@@]1(C)CC3. The number of allylic oxidation sites excluding steroid dienone is 4. The van der Waals surface area contributed by atoms with E-state index in [0.29, 0.717) is 5.92 Å². The number of aliphatic carboxylic acids is 1. The van der Waals surface area contributed by atoms with Crippen LogP contribution in [0.1, 0.15) is 120 Å². The molecule has 0 aromatic rings. The van der Waals surface area contributed by atoms with Crippen LogP contribution in [0.2, 0.25) is 0 Å². The lowest BCUT2D eigenvalue weighted by Gasteiger charge is -2.62. The molecule has 0 amide bonds. The molecule has 4 aliphatic carbocycles. The van der Waals surface area contributed by atoms with Gasteiger partial charge in [-0.05, 0) is 106 Å². The van der Waals surface area contributed by atoms with Crippen molar-refractivity contribution in [1.82, 2.24) is 0 Å². The van der Waals surface area contributed by atoms with Crippen LogP contribution in [-0.4, -0.2) is 23.1 Å². The molecule has 2 saturated carbocycles. The molecule has 4 rings (SSSR count). The van der Waals surface area contributed by atoms with Crippen LogP contribution in [0.25, 0.3) is 0 Å². The van der Waals surface area contributed by atoms with Gasteiger partial charge < -0.3 is 9.84 Å². The maximum absolute atomic E-state index is 12.5. The van der Waals surface area contributed by atoms with Crippen LogP contribution in [0, 0.1) is 39.4 Å². The van der Waals surface area contributed by atoms with Gasteiger partial charge in [0.2, 0.25) is 0 Å². The van der Waals surface area contributed by atoms with Gasteiger partial charge in [-0.25, -0.2) is 0 Å². The number of rotatable bonds is 6. The Balaban J connectivity index is 1.67. The number of esters is 1. The summed E-state index contributed by atoms with van der Waals surface area (Å²) >= 11 is 0. The highest BCUT2D eigenvalue weighted by atomic mass is 16.5. The molecule has 4 aliphatic rings. The Morgan fingerprint density at radius 2 is 1.67 bits per heavy atom. The molecular formula is C32H50O4. The van der Waals surface area contributed by atoms with Crippen molar-refractivity contribution in [3.05, 3.63) is 22.8 Å². The van der Waals surface area contributed by atoms with Crippen LogP contribution in [0.4, 0.5) is 0 Å². The van der Waals surface area contributed by atoms with Gasteiger partial charge in [0.25, 0.3) is 0 Å².